The van der Waals surface area contributed by atoms with Crippen LogP contribution in [0.15, 0.2) is 36.4 Å². The van der Waals surface area contributed by atoms with Gasteiger partial charge in [0.2, 0.25) is 5.75 Å². The first kappa shape index (κ1) is 15.1. The lowest BCUT2D eigenvalue weighted by Crippen LogP contribution is -2.04. The Morgan fingerprint density at radius 3 is 2.52 bits per heavy atom. The van der Waals surface area contributed by atoms with Crippen LogP contribution in [0.1, 0.15) is 5.56 Å². The van der Waals surface area contributed by atoms with Gasteiger partial charge in [-0.25, -0.2) is 0 Å². The molecule has 0 amide bonds. The van der Waals surface area contributed by atoms with Gasteiger partial charge in [0.15, 0.2) is 0 Å². The van der Waals surface area contributed by atoms with Crippen LogP contribution in [0.2, 0.25) is 5.02 Å². The molecule has 0 aliphatic heterocycles. The summed E-state index contributed by atoms with van der Waals surface area (Å²) in [5.41, 5.74) is -1.28. The van der Waals surface area contributed by atoms with Crippen molar-refractivity contribution in [2.24, 2.45) is 0 Å². The molecule has 0 spiro atoms. The van der Waals surface area contributed by atoms with Crippen molar-refractivity contribution in [3.63, 3.8) is 0 Å². The van der Waals surface area contributed by atoms with E-state index in [-0.39, 0.29) is 22.2 Å². The summed E-state index contributed by atoms with van der Waals surface area (Å²) in [4.78, 5) is 10.1. The molecule has 0 heterocycles. The predicted octanol–water partition coefficient (Wildman–Crippen LogP) is 4.86. The van der Waals surface area contributed by atoms with Gasteiger partial charge in [0.25, 0.3) is 0 Å². The Morgan fingerprint density at radius 2 is 1.95 bits per heavy atom. The molecule has 0 aliphatic carbocycles. The van der Waals surface area contributed by atoms with Crippen LogP contribution in [0.25, 0.3) is 0 Å². The molecule has 1 radical (unpaired) electrons. The van der Waals surface area contributed by atoms with E-state index in [1.165, 1.54) is 12.1 Å². The maximum Gasteiger partial charge on any atom is 0.416 e. The molecule has 8 heteroatoms. The van der Waals surface area contributed by atoms with Crippen molar-refractivity contribution >= 4 is 17.3 Å². The quantitative estimate of drug-likeness (QED) is 0.600. The van der Waals surface area contributed by atoms with Gasteiger partial charge in [0, 0.05) is 6.07 Å². The first-order chi connectivity index (χ1) is 9.79. The highest BCUT2D eigenvalue weighted by Crippen LogP contribution is 2.38. The second-order valence-corrected chi connectivity index (χ2v) is 4.30. The van der Waals surface area contributed by atoms with Gasteiger partial charge in [0.05, 0.1) is 15.5 Å². The lowest BCUT2D eigenvalue weighted by molar-refractivity contribution is -0.385. The second-order valence-electron chi connectivity index (χ2n) is 3.90. The lowest BCUT2D eigenvalue weighted by atomic mass is 10.2. The van der Waals surface area contributed by atoms with Gasteiger partial charge in [-0.05, 0) is 36.4 Å². The highest BCUT2D eigenvalue weighted by molar-refractivity contribution is 6.32. The Balaban J connectivity index is 2.35. The van der Waals surface area contributed by atoms with E-state index in [2.05, 4.69) is 6.07 Å². The van der Waals surface area contributed by atoms with Gasteiger partial charge < -0.3 is 4.74 Å². The molecule has 0 bridgehead atoms. The summed E-state index contributed by atoms with van der Waals surface area (Å²) in [5, 5.41) is 10.5. The molecule has 0 saturated carbocycles. The summed E-state index contributed by atoms with van der Waals surface area (Å²) in [6.07, 6.45) is -4.53. The molecule has 2 aromatic rings. The van der Waals surface area contributed by atoms with E-state index in [1.54, 1.807) is 0 Å². The number of benzene rings is 2. The minimum absolute atomic E-state index is 0.118. The van der Waals surface area contributed by atoms with Crippen molar-refractivity contribution in [1.82, 2.24) is 0 Å². The summed E-state index contributed by atoms with van der Waals surface area (Å²) in [6.45, 7) is 0. The summed E-state index contributed by atoms with van der Waals surface area (Å²) >= 11 is 5.71. The maximum absolute atomic E-state index is 12.5. The summed E-state index contributed by atoms with van der Waals surface area (Å²) < 4.78 is 42.7. The van der Waals surface area contributed by atoms with Crippen molar-refractivity contribution in [2.45, 2.75) is 6.18 Å². The number of hydrogen-bond donors (Lipinski definition) is 0. The Bertz CT molecular complexity index is 689. The highest BCUT2D eigenvalue weighted by atomic mass is 35.5. The van der Waals surface area contributed by atoms with E-state index < -0.39 is 16.7 Å². The van der Waals surface area contributed by atoms with E-state index in [4.69, 9.17) is 16.3 Å². The van der Waals surface area contributed by atoms with Crippen LogP contribution in [-0.4, -0.2) is 4.92 Å². The molecule has 109 valence electrons. The molecule has 2 aromatic carbocycles. The van der Waals surface area contributed by atoms with Crippen molar-refractivity contribution in [2.75, 3.05) is 0 Å². The zero-order chi connectivity index (χ0) is 15.6. The first-order valence-electron chi connectivity index (χ1n) is 5.48. The van der Waals surface area contributed by atoms with Gasteiger partial charge in [-0.15, -0.1) is 0 Å². The van der Waals surface area contributed by atoms with E-state index >= 15 is 0 Å². The fourth-order valence-corrected chi connectivity index (χ4v) is 1.74. The zero-order valence-corrected chi connectivity index (χ0v) is 10.9. The zero-order valence-electron chi connectivity index (χ0n) is 10.1. The van der Waals surface area contributed by atoms with Crippen molar-refractivity contribution in [1.29, 1.82) is 0 Å². The fourth-order valence-electron chi connectivity index (χ4n) is 1.52. The first-order valence-corrected chi connectivity index (χ1v) is 5.86. The lowest BCUT2D eigenvalue weighted by Gasteiger charge is -2.11. The molecule has 0 aliphatic rings. The van der Waals surface area contributed by atoms with Crippen molar-refractivity contribution in [3.8, 4) is 11.5 Å². The summed E-state index contributed by atoms with van der Waals surface area (Å²) in [7, 11) is 0. The fraction of sp³-hybridized carbons (Fsp3) is 0.0769. The van der Waals surface area contributed by atoms with Crippen LogP contribution in [0, 0.1) is 16.2 Å². The van der Waals surface area contributed by atoms with Crippen LogP contribution >= 0.6 is 11.6 Å². The van der Waals surface area contributed by atoms with E-state index in [0.717, 1.165) is 18.2 Å². The number of alkyl halides is 3. The standard InChI is InChI=1S/C13H6ClF3NO3/c14-9-7-8(13(15,16)17)5-6-11(9)21-12-4-2-1-3-10(12)18(19)20/h1,3-7H. The normalized spacial score (nSPS) is 11.2. The number of nitro groups is 1. The summed E-state index contributed by atoms with van der Waals surface area (Å²) in [6, 6.07) is 8.73. The maximum atomic E-state index is 12.5. The van der Waals surface area contributed by atoms with Gasteiger partial charge >= 0.3 is 11.9 Å². The average molecular weight is 317 g/mol. The number of ether oxygens (including phenoxy) is 1. The monoisotopic (exact) mass is 316 g/mol. The SMILES string of the molecule is O=[N+]([O-])c1cc[c]cc1Oc1ccc(C(F)(F)F)cc1Cl. The van der Waals surface area contributed by atoms with Gasteiger partial charge in [-0.3, -0.25) is 10.1 Å². The Labute approximate surface area is 121 Å². The van der Waals surface area contributed by atoms with Crippen LogP contribution < -0.4 is 4.74 Å². The molecule has 0 fully saturated rings. The molecule has 0 saturated heterocycles. The number of halogens is 4. The topological polar surface area (TPSA) is 52.4 Å². The molecule has 4 nitrogen and oxygen atoms in total. The van der Waals surface area contributed by atoms with Gasteiger partial charge in [-0.1, -0.05) is 11.6 Å². The van der Waals surface area contributed by atoms with Gasteiger partial charge in [-0.2, -0.15) is 13.2 Å². The predicted molar refractivity (Wildman–Crippen MR) is 68.5 cm³/mol. The van der Waals surface area contributed by atoms with Crippen LogP contribution in [0.5, 0.6) is 11.5 Å². The highest BCUT2D eigenvalue weighted by Gasteiger charge is 2.31. The van der Waals surface area contributed by atoms with E-state index in [0.29, 0.717) is 6.07 Å². The molecule has 0 N–H and O–H groups in total. The van der Waals surface area contributed by atoms with Gasteiger partial charge in [0.1, 0.15) is 5.75 Å². The average Bonchev–Trinajstić information content (AvgIpc) is 2.40. The van der Waals surface area contributed by atoms with E-state index in [9.17, 15) is 23.3 Å². The Morgan fingerprint density at radius 1 is 1.24 bits per heavy atom. The number of nitrogens with zero attached hydrogens (tertiary/aromatic N) is 1. The minimum Gasteiger partial charge on any atom is -0.449 e. The van der Waals surface area contributed by atoms with Crippen LogP contribution in [0.4, 0.5) is 18.9 Å². The molecule has 21 heavy (non-hydrogen) atoms. The third kappa shape index (κ3) is 3.43. The third-order valence-electron chi connectivity index (χ3n) is 2.48. The van der Waals surface area contributed by atoms with Crippen molar-refractivity contribution < 1.29 is 22.8 Å². The minimum atomic E-state index is -4.53. The Hall–Kier alpha value is -2.28. The number of nitro benzene ring substituents is 1. The Kier molecular flexibility index (Phi) is 4.04. The molecular formula is C13H6ClF3NO3. The third-order valence-corrected chi connectivity index (χ3v) is 2.78. The molecule has 0 atom stereocenters. The molecule has 0 unspecified atom stereocenters. The number of rotatable bonds is 3. The summed E-state index contributed by atoms with van der Waals surface area (Å²) in [5.74, 6) is -0.281. The molecule has 0 aromatic heterocycles. The number of hydrogen-bond acceptors (Lipinski definition) is 3. The molecule has 2 rings (SSSR count). The smallest absolute Gasteiger partial charge is 0.416 e. The van der Waals surface area contributed by atoms with E-state index in [1.807, 2.05) is 0 Å². The van der Waals surface area contributed by atoms with Crippen LogP contribution in [-0.2, 0) is 6.18 Å². The molecular weight excluding hydrogens is 311 g/mol. The second kappa shape index (κ2) is 5.61. The largest absolute Gasteiger partial charge is 0.449 e. The van der Waals surface area contributed by atoms with Crippen molar-refractivity contribution in [3.05, 3.63) is 63.2 Å². The van der Waals surface area contributed by atoms with Crippen LogP contribution in [0.3, 0.4) is 0 Å².